The number of hydrogen-bond donors (Lipinski definition) is 1. The number of nitroso groups, excluding NO2 is 1. The molecule has 0 rings (SSSR count). The summed E-state index contributed by atoms with van der Waals surface area (Å²) in [6, 6.07) is 0. The predicted molar refractivity (Wildman–Crippen MR) is 37.6 cm³/mol. The van der Waals surface area contributed by atoms with Crippen LogP contribution in [0.1, 0.15) is 0 Å². The van der Waals surface area contributed by atoms with E-state index in [0.29, 0.717) is 13.1 Å². The van der Waals surface area contributed by atoms with Gasteiger partial charge in [-0.15, -0.1) is 4.91 Å². The number of likely N-dealkylation sites (N-methyl/N-ethyl adjacent to an activating group) is 2. The van der Waals surface area contributed by atoms with Crippen molar-refractivity contribution in [3.8, 4) is 0 Å². The van der Waals surface area contributed by atoms with E-state index in [0.717, 1.165) is 0 Å². The number of nitrogens with zero attached hydrogens (tertiary/aromatic N) is 3. The minimum atomic E-state index is 0.0112. The van der Waals surface area contributed by atoms with Gasteiger partial charge in [-0.3, -0.25) is 5.28 Å². The summed E-state index contributed by atoms with van der Waals surface area (Å²) in [5.41, 5.74) is 0. The molecular weight excluding hydrogens is 136 g/mol. The largest absolute Gasteiger partial charge is 0.724 e. The second kappa shape index (κ2) is 5.10. The summed E-state index contributed by atoms with van der Waals surface area (Å²) in [7, 11) is 3.25. The summed E-state index contributed by atoms with van der Waals surface area (Å²) in [4.78, 5) is 9.61. The summed E-state index contributed by atoms with van der Waals surface area (Å²) >= 11 is 0. The molecule has 0 saturated carbocycles. The van der Waals surface area contributed by atoms with Crippen LogP contribution in [-0.4, -0.2) is 37.5 Å². The Morgan fingerprint density at radius 3 is 2.70 bits per heavy atom. The van der Waals surface area contributed by atoms with Crippen molar-refractivity contribution < 1.29 is 0 Å². The van der Waals surface area contributed by atoms with Crippen molar-refractivity contribution in [2.45, 2.75) is 0 Å². The maximum Gasteiger partial charge on any atom is 0.0579 e. The first-order valence-electron chi connectivity index (χ1n) is 2.88. The highest BCUT2D eigenvalue weighted by atomic mass is 16.6. The predicted octanol–water partition coefficient (Wildman–Crippen LogP) is -0.466. The lowest BCUT2D eigenvalue weighted by Crippen LogP contribution is -2.35. The van der Waals surface area contributed by atoms with Crippen LogP contribution in [0, 0.1) is 10.1 Å². The van der Waals surface area contributed by atoms with Gasteiger partial charge in [0.15, 0.2) is 0 Å². The monoisotopic (exact) mass is 147 g/mol. The van der Waals surface area contributed by atoms with E-state index in [1.54, 1.807) is 7.05 Å². The molecule has 0 aliphatic heterocycles. The van der Waals surface area contributed by atoms with Crippen LogP contribution in [0.15, 0.2) is 5.29 Å². The molecule has 0 atom stereocenters. The topological polar surface area (TPSA) is 71.0 Å². The molecule has 0 heterocycles. The van der Waals surface area contributed by atoms with Crippen LogP contribution in [0.25, 0.3) is 0 Å². The zero-order chi connectivity index (χ0) is 7.98. The Balaban J connectivity index is 3.40. The van der Waals surface area contributed by atoms with Crippen LogP contribution in [0.3, 0.4) is 0 Å². The van der Waals surface area contributed by atoms with Gasteiger partial charge in [-0.2, -0.15) is 0 Å². The highest BCUT2D eigenvalue weighted by molar-refractivity contribution is 4.49. The van der Waals surface area contributed by atoms with Crippen LogP contribution < -0.4 is 5.32 Å². The van der Waals surface area contributed by atoms with Gasteiger partial charge in [0.05, 0.1) is 5.29 Å². The number of hydrogen-bond acceptors (Lipinski definition) is 5. The lowest BCUT2D eigenvalue weighted by molar-refractivity contribution is 0.0543. The van der Waals surface area contributed by atoms with Gasteiger partial charge >= 0.3 is 0 Å². The van der Waals surface area contributed by atoms with Crippen molar-refractivity contribution in [2.75, 3.05) is 27.2 Å². The molecule has 0 aliphatic rings. The molecule has 0 saturated heterocycles. The Hall–Kier alpha value is -0.720. The standard InChI is InChI=1S/C4H11N4O2/c1-5-3-4-7(2)8(10)6-9/h5H,3-4H2,1-2H3/q-1. The van der Waals surface area contributed by atoms with Crippen molar-refractivity contribution in [1.29, 1.82) is 0 Å². The zero-order valence-corrected chi connectivity index (χ0v) is 6.07. The Bertz CT molecular complexity index is 99.3. The molecule has 6 nitrogen and oxygen atoms in total. The molecular formula is C4H11N4O2-. The summed E-state index contributed by atoms with van der Waals surface area (Å²) in [5, 5.41) is 16.5. The summed E-state index contributed by atoms with van der Waals surface area (Å²) in [6.07, 6.45) is 0. The zero-order valence-electron chi connectivity index (χ0n) is 6.07. The van der Waals surface area contributed by atoms with E-state index in [9.17, 15) is 10.1 Å². The van der Waals surface area contributed by atoms with Crippen LogP contribution in [0.5, 0.6) is 0 Å². The minimum Gasteiger partial charge on any atom is -0.724 e. The maximum absolute atomic E-state index is 10.4. The van der Waals surface area contributed by atoms with Crippen LogP contribution in [0.4, 0.5) is 0 Å². The van der Waals surface area contributed by atoms with Gasteiger partial charge in [-0.05, 0) is 7.05 Å². The minimum absolute atomic E-state index is 0.0112. The van der Waals surface area contributed by atoms with Crippen molar-refractivity contribution >= 4 is 0 Å². The molecule has 60 valence electrons. The van der Waals surface area contributed by atoms with Gasteiger partial charge in [-0.1, -0.05) is 0 Å². The number of hydrazine groups is 1. The van der Waals surface area contributed by atoms with Gasteiger partial charge in [-0.25, -0.2) is 5.01 Å². The Morgan fingerprint density at radius 1 is 1.70 bits per heavy atom. The molecule has 1 N–H and O–H groups in total. The summed E-state index contributed by atoms with van der Waals surface area (Å²) in [5.74, 6) is 0. The fourth-order valence-corrected chi connectivity index (χ4v) is 0.421. The average molecular weight is 147 g/mol. The van der Waals surface area contributed by atoms with Crippen molar-refractivity contribution in [3.05, 3.63) is 10.1 Å². The van der Waals surface area contributed by atoms with E-state index in [1.807, 2.05) is 0 Å². The molecule has 0 aliphatic carbocycles. The molecule has 6 heteroatoms. The van der Waals surface area contributed by atoms with E-state index < -0.39 is 0 Å². The number of rotatable bonds is 5. The van der Waals surface area contributed by atoms with Gasteiger partial charge < -0.3 is 10.5 Å². The van der Waals surface area contributed by atoms with Crippen LogP contribution >= 0.6 is 0 Å². The van der Waals surface area contributed by atoms with Crippen molar-refractivity contribution in [3.63, 3.8) is 0 Å². The van der Waals surface area contributed by atoms with Gasteiger partial charge in [0.25, 0.3) is 0 Å². The molecule has 10 heavy (non-hydrogen) atoms. The number of nitrogens with one attached hydrogen (secondary N) is 1. The second-order valence-corrected chi connectivity index (χ2v) is 1.82. The fourth-order valence-electron chi connectivity index (χ4n) is 0.421. The van der Waals surface area contributed by atoms with E-state index in [-0.39, 0.29) is 5.28 Å². The Morgan fingerprint density at radius 2 is 2.30 bits per heavy atom. The highest BCUT2D eigenvalue weighted by Crippen LogP contribution is 1.89. The smallest absolute Gasteiger partial charge is 0.0579 e. The molecule has 0 aromatic rings. The summed E-state index contributed by atoms with van der Waals surface area (Å²) in [6.45, 7) is 1.11. The van der Waals surface area contributed by atoms with Crippen molar-refractivity contribution in [1.82, 2.24) is 15.6 Å². The molecule has 0 aromatic carbocycles. The molecule has 0 radical (unpaired) electrons. The molecule has 0 fully saturated rings. The molecule has 0 unspecified atom stereocenters. The third-order valence-electron chi connectivity index (χ3n) is 1.05. The van der Waals surface area contributed by atoms with Gasteiger partial charge in [0.1, 0.15) is 0 Å². The first-order chi connectivity index (χ1) is 4.72. The normalized spacial score (nSPS) is 10.0. The third-order valence-corrected chi connectivity index (χ3v) is 1.05. The maximum atomic E-state index is 10.4. The molecule has 0 bridgehead atoms. The highest BCUT2D eigenvalue weighted by Gasteiger charge is 1.96. The van der Waals surface area contributed by atoms with E-state index in [1.165, 1.54) is 12.1 Å². The first-order valence-corrected chi connectivity index (χ1v) is 2.88. The van der Waals surface area contributed by atoms with Crippen LogP contribution in [0.2, 0.25) is 0 Å². The van der Waals surface area contributed by atoms with Gasteiger partial charge in [0, 0.05) is 20.1 Å². The first kappa shape index (κ1) is 9.28. The Kier molecular flexibility index (Phi) is 4.73. The SMILES string of the molecule is CNCCN(C)N([O-])N=O. The van der Waals surface area contributed by atoms with E-state index in [4.69, 9.17) is 0 Å². The van der Waals surface area contributed by atoms with Crippen LogP contribution in [-0.2, 0) is 0 Å². The lowest BCUT2D eigenvalue weighted by Gasteiger charge is -2.30. The third kappa shape index (κ3) is 3.33. The van der Waals surface area contributed by atoms with E-state index in [2.05, 4.69) is 10.6 Å². The van der Waals surface area contributed by atoms with Crippen molar-refractivity contribution in [2.24, 2.45) is 5.29 Å². The Labute approximate surface area is 59.3 Å². The molecule has 0 spiro atoms. The molecule has 0 amide bonds. The van der Waals surface area contributed by atoms with Gasteiger partial charge in [0.2, 0.25) is 0 Å². The average Bonchev–Trinajstić information content (AvgIpc) is 1.98. The van der Waals surface area contributed by atoms with E-state index >= 15 is 0 Å². The quantitative estimate of drug-likeness (QED) is 0.420. The summed E-state index contributed by atoms with van der Waals surface area (Å²) < 4.78 is 0. The lowest BCUT2D eigenvalue weighted by atomic mass is 10.6. The second-order valence-electron chi connectivity index (χ2n) is 1.82. The molecule has 0 aromatic heterocycles. The fraction of sp³-hybridized carbons (Fsp3) is 1.00.